The van der Waals surface area contributed by atoms with Gasteiger partial charge in [0, 0.05) is 17.5 Å². The minimum atomic E-state index is -4.26. The number of halogens is 3. The van der Waals surface area contributed by atoms with E-state index in [0.29, 0.717) is 11.5 Å². The Kier molecular flexibility index (Phi) is 2.87. The van der Waals surface area contributed by atoms with Crippen molar-refractivity contribution in [1.82, 2.24) is 9.78 Å². The van der Waals surface area contributed by atoms with Crippen molar-refractivity contribution >= 4 is 5.82 Å². The van der Waals surface area contributed by atoms with Gasteiger partial charge in [0.1, 0.15) is 5.82 Å². The molecule has 2 rings (SSSR count). The van der Waals surface area contributed by atoms with Gasteiger partial charge in [0.2, 0.25) is 0 Å². The molecule has 0 spiro atoms. The maximum atomic E-state index is 13.0. The van der Waals surface area contributed by atoms with Crippen LogP contribution in [0.1, 0.15) is 45.9 Å². The maximum Gasteiger partial charge on any atom is 0.410 e. The molecule has 2 atom stereocenters. The fourth-order valence-electron chi connectivity index (χ4n) is 2.12. The van der Waals surface area contributed by atoms with Crippen molar-refractivity contribution in [3.63, 3.8) is 0 Å². The van der Waals surface area contributed by atoms with Gasteiger partial charge in [-0.25, -0.2) is 4.68 Å². The lowest BCUT2D eigenvalue weighted by molar-refractivity contribution is -0.173. The second kappa shape index (κ2) is 3.90. The molecule has 0 aromatic carbocycles. The van der Waals surface area contributed by atoms with Gasteiger partial charge in [-0.05, 0) is 13.3 Å². The van der Waals surface area contributed by atoms with Crippen LogP contribution in [0.4, 0.5) is 19.0 Å². The topological polar surface area (TPSA) is 29.9 Å². The number of nitrogens with one attached hydrogen (secondary N) is 1. The number of rotatable bonds is 0. The molecule has 6 heteroatoms. The summed E-state index contributed by atoms with van der Waals surface area (Å²) in [6.45, 7) is 7.57. The second-order valence-electron chi connectivity index (χ2n) is 5.95. The predicted octanol–water partition coefficient (Wildman–Crippen LogP) is 3.49. The Hall–Kier alpha value is -1.20. The van der Waals surface area contributed by atoms with Crippen molar-refractivity contribution in [1.29, 1.82) is 0 Å². The van der Waals surface area contributed by atoms with Gasteiger partial charge in [-0.3, -0.25) is 0 Å². The molecule has 0 fully saturated rings. The predicted molar refractivity (Wildman–Crippen MR) is 63.7 cm³/mol. The molecule has 102 valence electrons. The summed E-state index contributed by atoms with van der Waals surface area (Å²) in [6.07, 6.45) is -4.24. The van der Waals surface area contributed by atoms with Crippen molar-refractivity contribution in [3.05, 3.63) is 11.8 Å². The molecule has 2 unspecified atom stereocenters. The highest BCUT2D eigenvalue weighted by Gasteiger charge is 2.45. The van der Waals surface area contributed by atoms with E-state index in [9.17, 15) is 13.2 Å². The largest absolute Gasteiger partial charge is 0.410 e. The second-order valence-corrected chi connectivity index (χ2v) is 5.95. The van der Waals surface area contributed by atoms with Crippen LogP contribution in [0, 0.1) is 0 Å². The van der Waals surface area contributed by atoms with Gasteiger partial charge in [-0.15, -0.1) is 0 Å². The lowest BCUT2D eigenvalue weighted by Crippen LogP contribution is -2.37. The molecular weight excluding hydrogens is 243 g/mol. The SMILES string of the molecule is CC1CC(C(F)(F)F)n2nc(C(C)(C)C)cc2N1. The zero-order chi connectivity index (χ0) is 13.7. The van der Waals surface area contributed by atoms with E-state index in [1.807, 2.05) is 20.8 Å². The van der Waals surface area contributed by atoms with Gasteiger partial charge in [0.25, 0.3) is 0 Å². The minimum Gasteiger partial charge on any atom is -0.368 e. The Morgan fingerprint density at radius 1 is 1.33 bits per heavy atom. The molecule has 1 aromatic rings. The summed E-state index contributed by atoms with van der Waals surface area (Å²) in [5.74, 6) is 0.459. The standard InChI is InChI=1S/C12H18F3N3/c1-7-5-9(12(13,14)15)18-10(16-7)6-8(17-18)11(2,3)4/h6-7,9,16H,5H2,1-4H3. The Morgan fingerprint density at radius 2 is 1.94 bits per heavy atom. The molecule has 1 aliphatic heterocycles. The molecule has 0 amide bonds. The average Bonchev–Trinajstić information content (AvgIpc) is 2.57. The van der Waals surface area contributed by atoms with E-state index in [1.165, 1.54) is 0 Å². The van der Waals surface area contributed by atoms with Crippen LogP contribution in [0.15, 0.2) is 6.07 Å². The first-order chi connectivity index (χ1) is 8.09. The Bertz CT molecular complexity index is 442. The third kappa shape index (κ3) is 2.33. The monoisotopic (exact) mass is 261 g/mol. The van der Waals surface area contributed by atoms with Crippen molar-refractivity contribution in [2.75, 3.05) is 5.32 Å². The van der Waals surface area contributed by atoms with Crippen LogP contribution in [0.25, 0.3) is 0 Å². The average molecular weight is 261 g/mol. The van der Waals surface area contributed by atoms with Crippen molar-refractivity contribution in [2.24, 2.45) is 0 Å². The first-order valence-corrected chi connectivity index (χ1v) is 6.02. The molecular formula is C12H18F3N3. The van der Waals surface area contributed by atoms with Crippen molar-refractivity contribution < 1.29 is 13.2 Å². The number of nitrogens with zero attached hydrogens (tertiary/aromatic N) is 2. The number of anilines is 1. The first-order valence-electron chi connectivity index (χ1n) is 6.02. The molecule has 1 aliphatic rings. The van der Waals surface area contributed by atoms with E-state index >= 15 is 0 Å². The quantitative estimate of drug-likeness (QED) is 0.774. The molecule has 2 heterocycles. The van der Waals surface area contributed by atoms with E-state index in [2.05, 4.69) is 10.4 Å². The van der Waals surface area contributed by atoms with Crippen LogP contribution in [0.3, 0.4) is 0 Å². The number of aromatic nitrogens is 2. The maximum absolute atomic E-state index is 13.0. The minimum absolute atomic E-state index is 0.0156. The van der Waals surface area contributed by atoms with Crippen LogP contribution in [-0.2, 0) is 5.41 Å². The van der Waals surface area contributed by atoms with Gasteiger partial charge in [-0.1, -0.05) is 20.8 Å². The van der Waals surface area contributed by atoms with Gasteiger partial charge >= 0.3 is 6.18 Å². The van der Waals surface area contributed by atoms with Crippen LogP contribution in [0.5, 0.6) is 0 Å². The van der Waals surface area contributed by atoms with Crippen LogP contribution in [0.2, 0.25) is 0 Å². The Labute approximate surface area is 104 Å². The fraction of sp³-hybridized carbons (Fsp3) is 0.750. The Morgan fingerprint density at radius 3 is 2.44 bits per heavy atom. The summed E-state index contributed by atoms with van der Waals surface area (Å²) in [6, 6.07) is -0.0116. The molecule has 0 saturated heterocycles. The smallest absolute Gasteiger partial charge is 0.368 e. The van der Waals surface area contributed by atoms with Crippen LogP contribution < -0.4 is 5.32 Å². The zero-order valence-electron chi connectivity index (χ0n) is 11.0. The zero-order valence-corrected chi connectivity index (χ0v) is 11.0. The van der Waals surface area contributed by atoms with E-state index in [-0.39, 0.29) is 17.9 Å². The van der Waals surface area contributed by atoms with Gasteiger partial charge in [0.15, 0.2) is 6.04 Å². The van der Waals surface area contributed by atoms with Crippen LogP contribution >= 0.6 is 0 Å². The molecule has 0 saturated carbocycles. The van der Waals surface area contributed by atoms with Gasteiger partial charge in [-0.2, -0.15) is 18.3 Å². The fourth-order valence-corrected chi connectivity index (χ4v) is 2.12. The highest BCUT2D eigenvalue weighted by Crippen LogP contribution is 2.40. The highest BCUT2D eigenvalue weighted by atomic mass is 19.4. The van der Waals surface area contributed by atoms with Crippen LogP contribution in [-0.4, -0.2) is 22.0 Å². The number of hydrogen-bond acceptors (Lipinski definition) is 2. The summed E-state index contributed by atoms with van der Waals surface area (Å²) in [5.41, 5.74) is 0.416. The van der Waals surface area contributed by atoms with E-state index in [0.717, 1.165) is 4.68 Å². The molecule has 18 heavy (non-hydrogen) atoms. The summed E-state index contributed by atoms with van der Waals surface area (Å²) < 4.78 is 40.1. The lowest BCUT2D eigenvalue weighted by Gasteiger charge is -2.31. The van der Waals surface area contributed by atoms with Gasteiger partial charge < -0.3 is 5.32 Å². The first kappa shape index (κ1) is 13.2. The molecule has 1 N–H and O–H groups in total. The Balaban J connectivity index is 2.46. The van der Waals surface area contributed by atoms with Gasteiger partial charge in [0.05, 0.1) is 5.69 Å². The summed E-state index contributed by atoms with van der Waals surface area (Å²) in [7, 11) is 0. The van der Waals surface area contributed by atoms with E-state index in [4.69, 9.17) is 0 Å². The molecule has 0 radical (unpaired) electrons. The van der Waals surface area contributed by atoms with E-state index in [1.54, 1.807) is 13.0 Å². The number of hydrogen-bond donors (Lipinski definition) is 1. The third-order valence-corrected chi connectivity index (χ3v) is 3.15. The normalized spacial score (nSPS) is 24.6. The summed E-state index contributed by atoms with van der Waals surface area (Å²) >= 11 is 0. The number of fused-ring (bicyclic) bond motifs is 1. The third-order valence-electron chi connectivity index (χ3n) is 3.15. The summed E-state index contributed by atoms with van der Waals surface area (Å²) in [4.78, 5) is 0. The summed E-state index contributed by atoms with van der Waals surface area (Å²) in [5, 5.41) is 7.19. The molecule has 0 aliphatic carbocycles. The van der Waals surface area contributed by atoms with Crippen molar-refractivity contribution in [3.8, 4) is 0 Å². The van der Waals surface area contributed by atoms with E-state index < -0.39 is 12.2 Å². The molecule has 1 aromatic heterocycles. The molecule has 3 nitrogen and oxygen atoms in total. The highest BCUT2D eigenvalue weighted by molar-refractivity contribution is 5.42. The molecule has 0 bridgehead atoms. The number of alkyl halides is 3. The lowest BCUT2D eigenvalue weighted by atomic mass is 9.92. The van der Waals surface area contributed by atoms with Crippen molar-refractivity contribution in [2.45, 2.75) is 57.8 Å².